The summed E-state index contributed by atoms with van der Waals surface area (Å²) in [5, 5.41) is 7.73. The number of pyridine rings is 2. The summed E-state index contributed by atoms with van der Waals surface area (Å²) in [4.78, 5) is 8.28. The van der Waals surface area contributed by atoms with Crippen LogP contribution in [0, 0.1) is 5.82 Å². The van der Waals surface area contributed by atoms with E-state index in [1.54, 1.807) is 30.7 Å². The molecular weight excluding hydrogens is 339 g/mol. The first-order valence-electron chi connectivity index (χ1n) is 8.94. The number of rotatable bonds is 6. The van der Waals surface area contributed by atoms with Crippen molar-refractivity contribution in [1.82, 2.24) is 20.2 Å². The lowest BCUT2D eigenvalue weighted by molar-refractivity contribution is 0.628. The Bertz CT molecular complexity index is 996. The van der Waals surface area contributed by atoms with Gasteiger partial charge in [0.25, 0.3) is 0 Å². The molecule has 0 aliphatic heterocycles. The lowest BCUT2D eigenvalue weighted by Crippen LogP contribution is -1.94. The number of hydrogen-bond acceptors (Lipinski definition) is 3. The van der Waals surface area contributed by atoms with Gasteiger partial charge in [-0.2, -0.15) is 5.10 Å². The van der Waals surface area contributed by atoms with E-state index in [4.69, 9.17) is 0 Å². The highest BCUT2D eigenvalue weighted by atomic mass is 19.1. The van der Waals surface area contributed by atoms with Gasteiger partial charge in [-0.25, -0.2) is 4.39 Å². The second-order valence-electron chi connectivity index (χ2n) is 6.38. The van der Waals surface area contributed by atoms with E-state index in [1.165, 1.54) is 17.7 Å². The third-order valence-electron chi connectivity index (χ3n) is 4.54. The van der Waals surface area contributed by atoms with Crippen molar-refractivity contribution < 1.29 is 4.39 Å². The molecule has 1 N–H and O–H groups in total. The number of aryl methyl sites for hydroxylation is 2. The Hall–Kier alpha value is -3.34. The first-order chi connectivity index (χ1) is 13.3. The molecule has 0 aliphatic rings. The smallest absolute Gasteiger partial charge is 0.123 e. The molecule has 27 heavy (non-hydrogen) atoms. The maximum absolute atomic E-state index is 13.3. The van der Waals surface area contributed by atoms with Crippen molar-refractivity contribution in [1.29, 1.82) is 0 Å². The predicted molar refractivity (Wildman–Crippen MR) is 103 cm³/mol. The third kappa shape index (κ3) is 3.92. The van der Waals surface area contributed by atoms with Gasteiger partial charge in [0.05, 0.1) is 0 Å². The van der Waals surface area contributed by atoms with Crippen molar-refractivity contribution in [2.24, 2.45) is 0 Å². The molecule has 0 fully saturated rings. The molecule has 134 valence electrons. The Labute approximate surface area is 157 Å². The van der Waals surface area contributed by atoms with E-state index in [1.807, 2.05) is 24.4 Å². The molecule has 0 aliphatic carbocycles. The molecule has 0 spiro atoms. The predicted octanol–water partition coefficient (Wildman–Crippen LogP) is 4.85. The number of aromatic amines is 1. The van der Waals surface area contributed by atoms with Crippen LogP contribution < -0.4 is 0 Å². The third-order valence-corrected chi connectivity index (χ3v) is 4.54. The summed E-state index contributed by atoms with van der Waals surface area (Å²) < 4.78 is 13.3. The van der Waals surface area contributed by atoms with Gasteiger partial charge in [0, 0.05) is 41.6 Å². The van der Waals surface area contributed by atoms with Crippen molar-refractivity contribution in [3.63, 3.8) is 0 Å². The van der Waals surface area contributed by atoms with E-state index >= 15 is 0 Å². The van der Waals surface area contributed by atoms with E-state index < -0.39 is 0 Å². The van der Waals surface area contributed by atoms with Gasteiger partial charge in [0.1, 0.15) is 11.5 Å². The molecule has 0 atom stereocenters. The fourth-order valence-electron chi connectivity index (χ4n) is 3.22. The SMILES string of the molecule is Fc1ccc(-c2n[nH]c(CCCc3cccnc3)c2-c2ccncc2)cc1. The van der Waals surface area contributed by atoms with Crippen LogP contribution in [0.2, 0.25) is 0 Å². The number of nitrogens with one attached hydrogen (secondary N) is 1. The number of nitrogens with zero attached hydrogens (tertiary/aromatic N) is 3. The van der Waals surface area contributed by atoms with Crippen molar-refractivity contribution >= 4 is 0 Å². The summed E-state index contributed by atoms with van der Waals surface area (Å²) in [7, 11) is 0. The fourth-order valence-corrected chi connectivity index (χ4v) is 3.22. The summed E-state index contributed by atoms with van der Waals surface area (Å²) in [6, 6.07) is 14.4. The minimum atomic E-state index is -0.253. The van der Waals surface area contributed by atoms with Crippen molar-refractivity contribution in [3.05, 3.63) is 90.4 Å². The van der Waals surface area contributed by atoms with E-state index in [9.17, 15) is 4.39 Å². The quantitative estimate of drug-likeness (QED) is 0.536. The zero-order valence-corrected chi connectivity index (χ0v) is 14.8. The second-order valence-corrected chi connectivity index (χ2v) is 6.38. The zero-order chi connectivity index (χ0) is 18.5. The molecule has 0 unspecified atom stereocenters. The molecule has 5 heteroatoms. The first kappa shape index (κ1) is 17.1. The molecule has 4 aromatic rings. The topological polar surface area (TPSA) is 54.5 Å². The molecule has 4 nitrogen and oxygen atoms in total. The van der Waals surface area contributed by atoms with Gasteiger partial charge in [-0.15, -0.1) is 0 Å². The molecule has 0 bridgehead atoms. The van der Waals surface area contributed by atoms with Crippen LogP contribution >= 0.6 is 0 Å². The largest absolute Gasteiger partial charge is 0.281 e. The Kier molecular flexibility index (Phi) is 5.01. The zero-order valence-electron chi connectivity index (χ0n) is 14.8. The average molecular weight is 358 g/mol. The van der Waals surface area contributed by atoms with E-state index in [-0.39, 0.29) is 5.82 Å². The lowest BCUT2D eigenvalue weighted by Gasteiger charge is -2.07. The van der Waals surface area contributed by atoms with Crippen molar-refractivity contribution in [3.8, 4) is 22.4 Å². The fraction of sp³-hybridized carbons (Fsp3) is 0.136. The molecule has 0 saturated heterocycles. The Morgan fingerprint density at radius 2 is 1.63 bits per heavy atom. The summed E-state index contributed by atoms with van der Waals surface area (Å²) >= 11 is 0. The molecule has 3 aromatic heterocycles. The van der Waals surface area contributed by atoms with Crippen molar-refractivity contribution in [2.45, 2.75) is 19.3 Å². The highest BCUT2D eigenvalue weighted by Gasteiger charge is 2.16. The van der Waals surface area contributed by atoms with Gasteiger partial charge < -0.3 is 0 Å². The number of aromatic nitrogens is 4. The van der Waals surface area contributed by atoms with Gasteiger partial charge in [-0.1, -0.05) is 6.07 Å². The van der Waals surface area contributed by atoms with Crippen LogP contribution in [-0.4, -0.2) is 20.2 Å². The minimum absolute atomic E-state index is 0.253. The molecule has 3 heterocycles. The standard InChI is InChI=1S/C22H19FN4/c23-19-8-6-18(7-9-19)22-21(17-10-13-24-14-11-17)20(26-27-22)5-1-3-16-4-2-12-25-15-16/h2,4,6-15H,1,3,5H2,(H,26,27). The van der Waals surface area contributed by atoms with Crippen LogP contribution in [0.3, 0.4) is 0 Å². The highest BCUT2D eigenvalue weighted by molar-refractivity contribution is 5.82. The summed E-state index contributed by atoms with van der Waals surface area (Å²) in [6.45, 7) is 0. The molecular formula is C22H19FN4. The van der Waals surface area contributed by atoms with Crippen molar-refractivity contribution in [2.75, 3.05) is 0 Å². The van der Waals surface area contributed by atoms with Crippen LogP contribution in [0.1, 0.15) is 17.7 Å². The van der Waals surface area contributed by atoms with Gasteiger partial charge in [0.2, 0.25) is 0 Å². The van der Waals surface area contributed by atoms with Crippen LogP contribution in [0.4, 0.5) is 4.39 Å². The Morgan fingerprint density at radius 3 is 2.37 bits per heavy atom. The maximum Gasteiger partial charge on any atom is 0.123 e. The number of H-pyrrole nitrogens is 1. The van der Waals surface area contributed by atoms with Gasteiger partial charge in [-0.05, 0) is 72.9 Å². The lowest BCUT2D eigenvalue weighted by atomic mass is 9.97. The van der Waals surface area contributed by atoms with Crippen LogP contribution in [0.5, 0.6) is 0 Å². The van der Waals surface area contributed by atoms with Crippen LogP contribution in [0.15, 0.2) is 73.3 Å². The average Bonchev–Trinajstić information content (AvgIpc) is 3.14. The summed E-state index contributed by atoms with van der Waals surface area (Å²) in [5.74, 6) is -0.253. The van der Waals surface area contributed by atoms with Gasteiger partial charge in [0.15, 0.2) is 0 Å². The number of benzene rings is 1. The first-order valence-corrected chi connectivity index (χ1v) is 8.94. The normalized spacial score (nSPS) is 10.9. The van der Waals surface area contributed by atoms with E-state index in [0.29, 0.717) is 0 Å². The van der Waals surface area contributed by atoms with E-state index in [2.05, 4.69) is 26.2 Å². The maximum atomic E-state index is 13.3. The number of hydrogen-bond donors (Lipinski definition) is 1. The van der Waals surface area contributed by atoms with Gasteiger partial charge in [-0.3, -0.25) is 15.1 Å². The molecule has 4 rings (SSSR count). The Morgan fingerprint density at radius 1 is 0.815 bits per heavy atom. The van der Waals surface area contributed by atoms with Gasteiger partial charge >= 0.3 is 0 Å². The monoisotopic (exact) mass is 358 g/mol. The summed E-state index contributed by atoms with van der Waals surface area (Å²) in [5.41, 5.74) is 6.12. The molecule has 1 aromatic carbocycles. The summed E-state index contributed by atoms with van der Waals surface area (Å²) in [6.07, 6.45) is 10.0. The Balaban J connectivity index is 1.64. The minimum Gasteiger partial charge on any atom is -0.281 e. The number of halogens is 1. The molecule has 0 saturated carbocycles. The van der Waals surface area contributed by atoms with Crippen LogP contribution in [0.25, 0.3) is 22.4 Å². The highest BCUT2D eigenvalue weighted by Crippen LogP contribution is 2.33. The van der Waals surface area contributed by atoms with Crippen LogP contribution in [-0.2, 0) is 12.8 Å². The second kappa shape index (κ2) is 7.91. The molecule has 0 radical (unpaired) electrons. The van der Waals surface area contributed by atoms with E-state index in [0.717, 1.165) is 47.3 Å². The molecule has 0 amide bonds.